The van der Waals surface area contributed by atoms with Crippen molar-refractivity contribution >= 4 is 27.5 Å². The van der Waals surface area contributed by atoms with Gasteiger partial charge in [-0.15, -0.1) is 35.9 Å². The van der Waals surface area contributed by atoms with E-state index < -0.39 is 0 Å². The Morgan fingerprint density at radius 2 is 1.66 bits per heavy atom. The molecular weight excluding hydrogens is 577 g/mol. The summed E-state index contributed by atoms with van der Waals surface area (Å²) in [4.78, 5) is 20.2. The number of allylic oxidation sites excluding steroid dienone is 2. The van der Waals surface area contributed by atoms with Crippen molar-refractivity contribution < 1.29 is 30.0 Å². The third-order valence-corrected chi connectivity index (χ3v) is 4.89. The summed E-state index contributed by atoms with van der Waals surface area (Å²) in [6, 6.07) is 23.4. The SMILES string of the molecule is CC(C)C(=O)/C=C(\O)C(C)C.[Ir].[c-]1ccccc1-c1ncc2c(ccc3ccccc32)n1. The molecule has 1 radical (unpaired) electrons. The number of aromatic nitrogens is 2. The van der Waals surface area contributed by atoms with E-state index in [1.165, 1.54) is 16.8 Å². The van der Waals surface area contributed by atoms with Crippen LogP contribution in [0.4, 0.5) is 0 Å². The molecule has 0 amide bonds. The topological polar surface area (TPSA) is 63.1 Å². The Kier molecular flexibility index (Phi) is 9.25. The van der Waals surface area contributed by atoms with Crippen molar-refractivity contribution in [2.75, 3.05) is 0 Å². The van der Waals surface area contributed by atoms with Crippen molar-refractivity contribution in [1.29, 1.82) is 0 Å². The van der Waals surface area contributed by atoms with E-state index in [-0.39, 0.29) is 43.5 Å². The zero-order valence-electron chi connectivity index (χ0n) is 18.7. The number of benzene rings is 3. The molecule has 1 aromatic heterocycles. The summed E-state index contributed by atoms with van der Waals surface area (Å²) < 4.78 is 0. The Labute approximate surface area is 202 Å². The van der Waals surface area contributed by atoms with Crippen LogP contribution in [0.3, 0.4) is 0 Å². The number of ketones is 1. The standard InChI is InChI=1S/C18H11N2.C9H16O2.Ir/c1-2-7-14(8-3-1)18-19-12-16-15-9-5-4-6-13(15)10-11-17(16)20-18;1-6(2)8(10)5-9(11)7(3)4;/h1-7,9-12H;5-7,10H,1-4H3;/q-1;;/b;8-5-;. The molecule has 0 saturated carbocycles. The van der Waals surface area contributed by atoms with Crippen LogP contribution in [0.1, 0.15) is 27.7 Å². The van der Waals surface area contributed by atoms with Crippen LogP contribution in [0.5, 0.6) is 0 Å². The Balaban J connectivity index is 0.000000263. The fourth-order valence-corrected chi connectivity index (χ4v) is 2.93. The molecule has 4 nitrogen and oxygen atoms in total. The third kappa shape index (κ3) is 6.32. The molecule has 1 heterocycles. The van der Waals surface area contributed by atoms with E-state index in [1.54, 1.807) is 0 Å². The Bertz CT molecular complexity index is 1220. The summed E-state index contributed by atoms with van der Waals surface area (Å²) in [6.07, 6.45) is 3.22. The summed E-state index contributed by atoms with van der Waals surface area (Å²) in [5.74, 6) is 0.877. The van der Waals surface area contributed by atoms with Crippen LogP contribution in [0.15, 0.2) is 78.7 Å². The van der Waals surface area contributed by atoms with Crippen molar-refractivity contribution in [2.45, 2.75) is 27.7 Å². The van der Waals surface area contributed by atoms with Crippen molar-refractivity contribution in [3.05, 3.63) is 84.8 Å². The van der Waals surface area contributed by atoms with E-state index in [0.29, 0.717) is 5.82 Å². The molecule has 32 heavy (non-hydrogen) atoms. The van der Waals surface area contributed by atoms with Gasteiger partial charge in [0.2, 0.25) is 0 Å². The summed E-state index contributed by atoms with van der Waals surface area (Å²) in [7, 11) is 0. The summed E-state index contributed by atoms with van der Waals surface area (Å²) in [6.45, 7) is 7.32. The van der Waals surface area contributed by atoms with Gasteiger partial charge < -0.3 is 5.11 Å². The quantitative estimate of drug-likeness (QED) is 0.124. The first-order valence-electron chi connectivity index (χ1n) is 10.4. The number of fused-ring (bicyclic) bond motifs is 3. The number of hydrogen-bond donors (Lipinski definition) is 1. The van der Waals surface area contributed by atoms with Gasteiger partial charge >= 0.3 is 0 Å². The van der Waals surface area contributed by atoms with Gasteiger partial charge in [-0.2, -0.15) is 0 Å². The molecule has 0 saturated heterocycles. The first-order valence-corrected chi connectivity index (χ1v) is 10.4. The predicted octanol–water partition coefficient (Wildman–Crippen LogP) is 6.56. The van der Waals surface area contributed by atoms with Crippen LogP contribution >= 0.6 is 0 Å². The maximum absolute atomic E-state index is 11.0. The zero-order valence-corrected chi connectivity index (χ0v) is 21.1. The number of carbonyl (C=O) groups excluding carboxylic acids is 1. The Morgan fingerprint density at radius 3 is 2.31 bits per heavy atom. The number of nitrogens with zero attached hydrogens (tertiary/aromatic N) is 2. The minimum atomic E-state index is -0.0316. The van der Waals surface area contributed by atoms with Crippen molar-refractivity contribution in [1.82, 2.24) is 9.97 Å². The summed E-state index contributed by atoms with van der Waals surface area (Å²) in [5, 5.41) is 12.7. The van der Waals surface area contributed by atoms with Gasteiger partial charge in [0, 0.05) is 49.6 Å². The second-order valence-electron chi connectivity index (χ2n) is 7.97. The summed E-state index contributed by atoms with van der Waals surface area (Å²) >= 11 is 0. The van der Waals surface area contributed by atoms with E-state index in [2.05, 4.69) is 34.2 Å². The average molecular weight is 604 g/mol. The zero-order chi connectivity index (χ0) is 22.4. The molecule has 3 aromatic carbocycles. The molecule has 4 aromatic rings. The van der Waals surface area contributed by atoms with E-state index in [9.17, 15) is 9.90 Å². The maximum atomic E-state index is 11.0. The molecule has 0 spiro atoms. The first-order chi connectivity index (χ1) is 14.9. The van der Waals surface area contributed by atoms with Crippen molar-refractivity contribution in [3.63, 3.8) is 0 Å². The smallest absolute Gasteiger partial charge is 0.161 e. The number of aliphatic hydroxyl groups is 1. The number of aliphatic hydroxyl groups excluding tert-OH is 1. The van der Waals surface area contributed by atoms with E-state index in [1.807, 2.05) is 76.4 Å². The van der Waals surface area contributed by atoms with Gasteiger partial charge in [-0.3, -0.25) is 14.8 Å². The largest absolute Gasteiger partial charge is 0.512 e. The maximum Gasteiger partial charge on any atom is 0.161 e. The van der Waals surface area contributed by atoms with Gasteiger partial charge in [0.25, 0.3) is 0 Å². The van der Waals surface area contributed by atoms with Crippen molar-refractivity contribution in [2.24, 2.45) is 11.8 Å². The molecule has 5 heteroatoms. The Hall–Kier alpha value is -2.88. The molecule has 167 valence electrons. The van der Waals surface area contributed by atoms with Crippen LogP contribution in [-0.4, -0.2) is 20.9 Å². The molecule has 0 bridgehead atoms. The number of hydrogen-bond acceptors (Lipinski definition) is 4. The first kappa shape index (κ1) is 25.4. The molecule has 0 atom stereocenters. The predicted molar refractivity (Wildman–Crippen MR) is 127 cm³/mol. The minimum Gasteiger partial charge on any atom is -0.512 e. The third-order valence-electron chi connectivity index (χ3n) is 4.89. The second kappa shape index (κ2) is 11.7. The van der Waals surface area contributed by atoms with Crippen molar-refractivity contribution in [3.8, 4) is 11.4 Å². The van der Waals surface area contributed by atoms with Gasteiger partial charge in [0.15, 0.2) is 5.78 Å². The average Bonchev–Trinajstić information content (AvgIpc) is 2.79. The second-order valence-corrected chi connectivity index (χ2v) is 7.97. The number of carbonyl (C=O) groups is 1. The van der Waals surface area contributed by atoms with Crippen LogP contribution in [-0.2, 0) is 24.9 Å². The van der Waals surface area contributed by atoms with Gasteiger partial charge in [-0.05, 0) is 16.8 Å². The molecule has 0 unspecified atom stereocenters. The minimum absolute atomic E-state index is 0. The molecule has 0 aliphatic carbocycles. The normalized spacial score (nSPS) is 11.2. The van der Waals surface area contributed by atoms with Gasteiger partial charge in [0.05, 0.1) is 17.1 Å². The fourth-order valence-electron chi connectivity index (χ4n) is 2.93. The molecule has 1 N–H and O–H groups in total. The monoisotopic (exact) mass is 604 g/mol. The molecule has 0 aliphatic rings. The van der Waals surface area contributed by atoms with Crippen LogP contribution in [0.25, 0.3) is 33.1 Å². The molecular formula is C27H27IrN2O2-. The van der Waals surface area contributed by atoms with Gasteiger partial charge in [-0.25, -0.2) is 0 Å². The van der Waals surface area contributed by atoms with Gasteiger partial charge in [0.1, 0.15) is 0 Å². The Morgan fingerprint density at radius 1 is 0.938 bits per heavy atom. The van der Waals surface area contributed by atoms with E-state index >= 15 is 0 Å². The van der Waals surface area contributed by atoms with Crippen LogP contribution in [0.2, 0.25) is 0 Å². The molecule has 0 fully saturated rings. The summed E-state index contributed by atoms with van der Waals surface area (Å²) in [5.41, 5.74) is 1.88. The van der Waals surface area contributed by atoms with E-state index in [4.69, 9.17) is 0 Å². The molecule has 4 rings (SSSR count). The van der Waals surface area contributed by atoms with Crippen LogP contribution < -0.4 is 0 Å². The van der Waals surface area contributed by atoms with E-state index in [0.717, 1.165) is 16.5 Å². The molecule has 0 aliphatic heterocycles. The van der Waals surface area contributed by atoms with Gasteiger partial charge in [-0.1, -0.05) is 58.0 Å². The van der Waals surface area contributed by atoms with Crippen LogP contribution in [0, 0.1) is 17.9 Å². The fraction of sp³-hybridized carbons (Fsp3) is 0.222. The number of rotatable bonds is 4.